The number of aromatic nitrogens is 3. The number of halogens is 2. The van der Waals surface area contributed by atoms with Crippen molar-refractivity contribution in [1.29, 1.82) is 0 Å². The van der Waals surface area contributed by atoms with Gasteiger partial charge in [0, 0.05) is 53.6 Å². The summed E-state index contributed by atoms with van der Waals surface area (Å²) in [6.07, 6.45) is 3.03. The number of hydrogen-bond donors (Lipinski definition) is 1. The Hall–Kier alpha value is -5.16. The van der Waals surface area contributed by atoms with Gasteiger partial charge < -0.3 is 28.8 Å². The third kappa shape index (κ3) is 6.53. The zero-order valence-electron chi connectivity index (χ0n) is 25.5. The van der Waals surface area contributed by atoms with E-state index in [-0.39, 0.29) is 47.1 Å². The highest BCUT2D eigenvalue weighted by Crippen LogP contribution is 2.35. The number of methoxy groups -OCH3 is 3. The molecular formula is C33H32ClFN4O6. The quantitative estimate of drug-likeness (QED) is 0.185. The first-order chi connectivity index (χ1) is 21.1. The Kier molecular flexibility index (Phi) is 9.93. The van der Waals surface area contributed by atoms with E-state index in [2.05, 4.69) is 15.3 Å². The molecule has 0 saturated carbocycles. The molecule has 0 bridgehead atoms. The van der Waals surface area contributed by atoms with Gasteiger partial charge in [0.2, 0.25) is 5.43 Å². The Balaban J connectivity index is 0.00000461. The Labute approximate surface area is 265 Å². The Bertz CT molecular complexity index is 1930. The minimum absolute atomic E-state index is 0. The molecule has 0 unspecified atom stereocenters. The molecule has 2 aromatic carbocycles. The van der Waals surface area contributed by atoms with Gasteiger partial charge in [-0.2, -0.15) is 0 Å². The van der Waals surface area contributed by atoms with E-state index in [0.717, 1.165) is 6.07 Å². The van der Waals surface area contributed by atoms with E-state index in [0.29, 0.717) is 39.4 Å². The molecule has 5 aromatic rings. The second kappa shape index (κ2) is 13.6. The normalized spacial score (nSPS) is 10.8. The molecule has 12 heteroatoms. The summed E-state index contributed by atoms with van der Waals surface area (Å²) in [5.41, 5.74) is 2.20. The third-order valence-electron chi connectivity index (χ3n) is 7.10. The minimum Gasteiger partial charge on any atom is -0.497 e. The lowest BCUT2D eigenvalue weighted by Gasteiger charge is -2.20. The van der Waals surface area contributed by atoms with Crippen molar-refractivity contribution < 1.29 is 28.1 Å². The summed E-state index contributed by atoms with van der Waals surface area (Å²) in [4.78, 5) is 35.7. The number of hydrogen-bond acceptors (Lipinski definition) is 8. The zero-order valence-corrected chi connectivity index (χ0v) is 26.3. The van der Waals surface area contributed by atoms with Crippen LogP contribution in [0.3, 0.4) is 0 Å². The number of anilines is 1. The van der Waals surface area contributed by atoms with Gasteiger partial charge in [-0.25, -0.2) is 9.37 Å². The summed E-state index contributed by atoms with van der Waals surface area (Å²) in [6, 6.07) is 14.2. The van der Waals surface area contributed by atoms with Crippen LogP contribution < -0.4 is 29.7 Å². The molecule has 10 nitrogen and oxygen atoms in total. The summed E-state index contributed by atoms with van der Waals surface area (Å²) in [6.45, 7) is 5.75. The fraction of sp³-hybridized carbons (Fsp3) is 0.212. The van der Waals surface area contributed by atoms with Crippen LogP contribution in [0.5, 0.6) is 28.9 Å². The average Bonchev–Trinajstić information content (AvgIpc) is 3.02. The number of fused-ring (bicyclic) bond motifs is 1. The summed E-state index contributed by atoms with van der Waals surface area (Å²) < 4.78 is 38.8. The summed E-state index contributed by atoms with van der Waals surface area (Å²) in [5.74, 6) is -0.0153. The van der Waals surface area contributed by atoms with Crippen molar-refractivity contribution in [1.82, 2.24) is 14.5 Å². The van der Waals surface area contributed by atoms with Crippen molar-refractivity contribution in [2.45, 2.75) is 26.8 Å². The van der Waals surface area contributed by atoms with Gasteiger partial charge in [-0.05, 0) is 50.6 Å². The monoisotopic (exact) mass is 634 g/mol. The molecule has 1 N–H and O–H groups in total. The van der Waals surface area contributed by atoms with E-state index in [1.165, 1.54) is 38.7 Å². The average molecular weight is 635 g/mol. The maximum Gasteiger partial charge on any atom is 0.261 e. The van der Waals surface area contributed by atoms with Gasteiger partial charge in [-0.15, -0.1) is 12.4 Å². The fourth-order valence-electron chi connectivity index (χ4n) is 4.88. The van der Waals surface area contributed by atoms with Crippen molar-refractivity contribution in [3.05, 3.63) is 94.3 Å². The molecule has 0 saturated heterocycles. The molecule has 0 aliphatic rings. The highest BCUT2D eigenvalue weighted by molar-refractivity contribution is 6.04. The van der Waals surface area contributed by atoms with E-state index in [1.807, 2.05) is 25.3 Å². The maximum atomic E-state index is 15.3. The van der Waals surface area contributed by atoms with Crippen LogP contribution in [0.4, 0.5) is 10.1 Å². The topological polar surface area (TPSA) is 114 Å². The standard InChI is InChI=1S/C33H31FN4O6.ClH/c1-18(2)38-17-23(31(39)29(19(38)3)20-7-10-22(41-4)11-8-20)32(40)36-21-9-12-26(24(34)15-21)44-27-13-14-35-25-16-28(42-5)33(43-6)37-30(25)27;/h7-18H,1-6H3,(H,36,40);1H. The van der Waals surface area contributed by atoms with Crippen LogP contribution in [-0.4, -0.2) is 41.8 Å². The predicted molar refractivity (Wildman–Crippen MR) is 172 cm³/mol. The number of ether oxygens (including phenoxy) is 4. The maximum absolute atomic E-state index is 15.3. The molecule has 3 heterocycles. The van der Waals surface area contributed by atoms with Crippen molar-refractivity contribution >= 4 is 35.0 Å². The lowest BCUT2D eigenvalue weighted by atomic mass is 10.00. The molecular weight excluding hydrogens is 603 g/mol. The Morgan fingerprint density at radius 1 is 0.933 bits per heavy atom. The molecule has 0 fully saturated rings. The highest BCUT2D eigenvalue weighted by atomic mass is 35.5. The Morgan fingerprint density at radius 3 is 2.29 bits per heavy atom. The molecule has 0 aliphatic heterocycles. The lowest BCUT2D eigenvalue weighted by molar-refractivity contribution is 0.102. The Morgan fingerprint density at radius 2 is 1.67 bits per heavy atom. The number of carbonyl (C=O) groups excluding carboxylic acids is 1. The molecule has 5 rings (SSSR count). The highest BCUT2D eigenvalue weighted by Gasteiger charge is 2.21. The van der Waals surface area contributed by atoms with Gasteiger partial charge in [0.25, 0.3) is 11.8 Å². The van der Waals surface area contributed by atoms with Crippen molar-refractivity contribution in [3.8, 4) is 40.0 Å². The van der Waals surface area contributed by atoms with Gasteiger partial charge >= 0.3 is 0 Å². The summed E-state index contributed by atoms with van der Waals surface area (Å²) in [7, 11) is 4.50. The van der Waals surface area contributed by atoms with E-state index in [4.69, 9.17) is 18.9 Å². The number of benzene rings is 2. The zero-order chi connectivity index (χ0) is 31.5. The van der Waals surface area contributed by atoms with Crippen molar-refractivity contribution in [2.75, 3.05) is 26.6 Å². The van der Waals surface area contributed by atoms with Crippen molar-refractivity contribution in [3.63, 3.8) is 0 Å². The first-order valence-electron chi connectivity index (χ1n) is 13.7. The van der Waals surface area contributed by atoms with Crippen LogP contribution in [0.1, 0.15) is 35.9 Å². The SMILES string of the molecule is COc1ccc(-c2c(C)n(C(C)C)cc(C(=O)Nc3ccc(Oc4ccnc5cc(OC)c(OC)nc45)c(F)c3)c2=O)cc1.Cl. The predicted octanol–water partition coefficient (Wildman–Crippen LogP) is 6.98. The van der Waals surface area contributed by atoms with Crippen LogP contribution in [0.15, 0.2) is 71.8 Å². The number of amides is 1. The van der Waals surface area contributed by atoms with Crippen LogP contribution in [-0.2, 0) is 0 Å². The second-order valence-electron chi connectivity index (χ2n) is 10.1. The van der Waals surface area contributed by atoms with E-state index in [1.54, 1.807) is 43.5 Å². The largest absolute Gasteiger partial charge is 0.497 e. The number of carbonyl (C=O) groups is 1. The molecule has 0 radical (unpaired) electrons. The molecule has 45 heavy (non-hydrogen) atoms. The molecule has 3 aromatic heterocycles. The van der Waals surface area contributed by atoms with Gasteiger partial charge in [-0.1, -0.05) is 12.1 Å². The molecule has 0 spiro atoms. The molecule has 0 atom stereocenters. The fourth-order valence-corrected chi connectivity index (χ4v) is 4.88. The first kappa shape index (κ1) is 32.7. The van der Waals surface area contributed by atoms with Crippen LogP contribution in [0.2, 0.25) is 0 Å². The second-order valence-corrected chi connectivity index (χ2v) is 10.1. The minimum atomic E-state index is -0.740. The van der Waals surface area contributed by atoms with Gasteiger partial charge in [-0.3, -0.25) is 14.6 Å². The summed E-state index contributed by atoms with van der Waals surface area (Å²) in [5, 5.41) is 2.65. The van der Waals surface area contributed by atoms with Crippen LogP contribution in [0, 0.1) is 12.7 Å². The summed E-state index contributed by atoms with van der Waals surface area (Å²) >= 11 is 0. The van der Waals surface area contributed by atoms with Crippen molar-refractivity contribution in [2.24, 2.45) is 0 Å². The smallest absolute Gasteiger partial charge is 0.261 e. The van der Waals surface area contributed by atoms with E-state index < -0.39 is 17.2 Å². The molecule has 0 aliphatic carbocycles. The first-order valence-corrected chi connectivity index (χ1v) is 13.7. The number of pyridine rings is 3. The van der Waals surface area contributed by atoms with Gasteiger partial charge in [0.1, 0.15) is 16.8 Å². The molecule has 234 valence electrons. The van der Waals surface area contributed by atoms with E-state index in [9.17, 15) is 9.59 Å². The van der Waals surface area contributed by atoms with E-state index >= 15 is 4.39 Å². The molecule has 1 amide bonds. The van der Waals surface area contributed by atoms with Gasteiger partial charge in [0.05, 0.1) is 26.8 Å². The lowest BCUT2D eigenvalue weighted by Crippen LogP contribution is -2.26. The third-order valence-corrected chi connectivity index (χ3v) is 7.10. The number of nitrogens with zero attached hydrogens (tertiary/aromatic N) is 3. The number of nitrogens with one attached hydrogen (secondary N) is 1. The van der Waals surface area contributed by atoms with Crippen LogP contribution in [0.25, 0.3) is 22.2 Å². The number of rotatable bonds is 9. The van der Waals surface area contributed by atoms with Crippen LogP contribution >= 0.6 is 12.4 Å². The van der Waals surface area contributed by atoms with Gasteiger partial charge in [0.15, 0.2) is 23.1 Å².